The first-order chi connectivity index (χ1) is 8.13. The number of nitrogens with one attached hydrogen (secondary N) is 1. The Morgan fingerprint density at radius 2 is 2.24 bits per heavy atom. The van der Waals surface area contributed by atoms with Crippen molar-refractivity contribution in [1.29, 1.82) is 5.26 Å². The third kappa shape index (κ3) is 2.38. The van der Waals surface area contributed by atoms with Gasteiger partial charge in [0.05, 0.1) is 16.3 Å². The molecule has 2 rings (SSSR count). The number of benzene rings is 1. The van der Waals surface area contributed by atoms with E-state index in [2.05, 4.69) is 30.1 Å². The van der Waals surface area contributed by atoms with Gasteiger partial charge < -0.3 is 10.2 Å². The molecule has 1 aromatic carbocycles. The van der Waals surface area contributed by atoms with Crippen molar-refractivity contribution in [2.45, 2.75) is 25.9 Å². The Bertz CT molecular complexity index is 452. The second kappa shape index (κ2) is 4.95. The highest BCUT2D eigenvalue weighted by Gasteiger charge is 2.24. The summed E-state index contributed by atoms with van der Waals surface area (Å²) in [5, 5.41) is 13.2. The van der Waals surface area contributed by atoms with Gasteiger partial charge in [-0.1, -0.05) is 17.7 Å². The number of hydrogen-bond donors (Lipinski definition) is 1. The molecule has 0 bridgehead atoms. The van der Waals surface area contributed by atoms with Gasteiger partial charge in [0.15, 0.2) is 0 Å². The largest absolute Gasteiger partial charge is 0.365 e. The molecule has 0 aliphatic carbocycles. The van der Waals surface area contributed by atoms with Crippen LogP contribution < -0.4 is 10.2 Å². The standard InChI is InChI=1S/C13H16ClN3/c1-9-8-17(10(2)7-16-9)13-5-3-4-12(14)11(13)6-15/h3-5,9-10,16H,7-8H2,1-2H3. The molecule has 90 valence electrons. The van der Waals surface area contributed by atoms with E-state index in [-0.39, 0.29) is 0 Å². The van der Waals surface area contributed by atoms with E-state index in [9.17, 15) is 5.26 Å². The zero-order chi connectivity index (χ0) is 12.4. The maximum absolute atomic E-state index is 9.21. The second-order valence-electron chi connectivity index (χ2n) is 4.56. The Morgan fingerprint density at radius 1 is 1.47 bits per heavy atom. The number of rotatable bonds is 1. The summed E-state index contributed by atoms with van der Waals surface area (Å²) in [6.07, 6.45) is 0. The maximum Gasteiger partial charge on any atom is 0.103 e. The van der Waals surface area contributed by atoms with Crippen LogP contribution in [0.25, 0.3) is 0 Å². The smallest absolute Gasteiger partial charge is 0.103 e. The minimum Gasteiger partial charge on any atom is -0.365 e. The predicted molar refractivity (Wildman–Crippen MR) is 70.4 cm³/mol. The molecule has 1 N–H and O–H groups in total. The number of anilines is 1. The van der Waals surface area contributed by atoms with Crippen molar-refractivity contribution in [2.24, 2.45) is 0 Å². The minimum absolute atomic E-state index is 0.372. The van der Waals surface area contributed by atoms with E-state index in [1.807, 2.05) is 12.1 Å². The molecule has 0 spiro atoms. The van der Waals surface area contributed by atoms with E-state index >= 15 is 0 Å². The number of nitriles is 1. The molecule has 17 heavy (non-hydrogen) atoms. The molecule has 3 nitrogen and oxygen atoms in total. The van der Waals surface area contributed by atoms with Gasteiger partial charge in [0.2, 0.25) is 0 Å². The summed E-state index contributed by atoms with van der Waals surface area (Å²) in [4.78, 5) is 2.26. The fraction of sp³-hybridized carbons (Fsp3) is 0.462. The van der Waals surface area contributed by atoms with Gasteiger partial charge in [-0.2, -0.15) is 5.26 Å². The molecule has 1 saturated heterocycles. The molecule has 1 heterocycles. The molecular formula is C13H16ClN3. The monoisotopic (exact) mass is 249 g/mol. The summed E-state index contributed by atoms with van der Waals surface area (Å²) in [6, 6.07) is 8.64. The summed E-state index contributed by atoms with van der Waals surface area (Å²) >= 11 is 6.07. The van der Waals surface area contributed by atoms with Gasteiger partial charge in [-0.25, -0.2) is 0 Å². The van der Waals surface area contributed by atoms with Crippen LogP contribution in [0.4, 0.5) is 5.69 Å². The molecule has 0 aromatic heterocycles. The van der Waals surface area contributed by atoms with Crippen LogP contribution in [0.2, 0.25) is 5.02 Å². The first-order valence-corrected chi connectivity index (χ1v) is 6.20. The van der Waals surface area contributed by atoms with Gasteiger partial charge in [-0.3, -0.25) is 0 Å². The molecule has 2 atom stereocenters. The first-order valence-electron chi connectivity index (χ1n) is 5.82. The average molecular weight is 250 g/mol. The van der Waals surface area contributed by atoms with Crippen molar-refractivity contribution in [2.75, 3.05) is 18.0 Å². The van der Waals surface area contributed by atoms with E-state index in [1.165, 1.54) is 0 Å². The van der Waals surface area contributed by atoms with Gasteiger partial charge >= 0.3 is 0 Å². The molecule has 4 heteroatoms. The Labute approximate surface area is 107 Å². The van der Waals surface area contributed by atoms with E-state index in [0.29, 0.717) is 22.7 Å². The quantitative estimate of drug-likeness (QED) is 0.831. The maximum atomic E-state index is 9.21. The summed E-state index contributed by atoms with van der Waals surface area (Å²) < 4.78 is 0. The summed E-state index contributed by atoms with van der Waals surface area (Å²) in [6.45, 7) is 6.13. The van der Waals surface area contributed by atoms with Crippen molar-refractivity contribution in [1.82, 2.24) is 5.32 Å². The molecule has 2 unspecified atom stereocenters. The van der Waals surface area contributed by atoms with Crippen LogP contribution in [0.3, 0.4) is 0 Å². The van der Waals surface area contributed by atoms with Gasteiger partial charge in [0, 0.05) is 25.2 Å². The van der Waals surface area contributed by atoms with Crippen molar-refractivity contribution in [3.05, 3.63) is 28.8 Å². The number of piperazine rings is 1. The summed E-state index contributed by atoms with van der Waals surface area (Å²) in [5.74, 6) is 0. The van der Waals surface area contributed by atoms with Crippen molar-refractivity contribution in [3.8, 4) is 6.07 Å². The van der Waals surface area contributed by atoms with Crippen LogP contribution in [-0.4, -0.2) is 25.2 Å². The highest BCUT2D eigenvalue weighted by Crippen LogP contribution is 2.29. The van der Waals surface area contributed by atoms with Crippen LogP contribution >= 0.6 is 11.6 Å². The lowest BCUT2D eigenvalue weighted by atomic mass is 10.1. The topological polar surface area (TPSA) is 39.1 Å². The first kappa shape index (κ1) is 12.2. The zero-order valence-corrected chi connectivity index (χ0v) is 10.8. The van der Waals surface area contributed by atoms with Crippen LogP contribution in [0.1, 0.15) is 19.4 Å². The van der Waals surface area contributed by atoms with Gasteiger partial charge in [0.1, 0.15) is 6.07 Å². The predicted octanol–water partition coefficient (Wildman–Crippen LogP) is 2.40. The number of hydrogen-bond acceptors (Lipinski definition) is 3. The normalized spacial score (nSPS) is 24.5. The lowest BCUT2D eigenvalue weighted by Crippen LogP contribution is -2.54. The lowest BCUT2D eigenvalue weighted by Gasteiger charge is -2.39. The van der Waals surface area contributed by atoms with Gasteiger partial charge in [-0.15, -0.1) is 0 Å². The van der Waals surface area contributed by atoms with E-state index in [4.69, 9.17) is 11.6 Å². The fourth-order valence-electron chi connectivity index (χ4n) is 2.22. The molecular weight excluding hydrogens is 234 g/mol. The summed E-state index contributed by atoms with van der Waals surface area (Å²) in [5.41, 5.74) is 1.52. The Hall–Kier alpha value is -1.24. The minimum atomic E-state index is 0.372. The highest BCUT2D eigenvalue weighted by molar-refractivity contribution is 6.32. The fourth-order valence-corrected chi connectivity index (χ4v) is 2.43. The summed E-state index contributed by atoms with van der Waals surface area (Å²) in [7, 11) is 0. The van der Waals surface area contributed by atoms with Crippen LogP contribution in [0.5, 0.6) is 0 Å². The third-order valence-electron chi connectivity index (χ3n) is 3.18. The Morgan fingerprint density at radius 3 is 2.94 bits per heavy atom. The van der Waals surface area contributed by atoms with Crippen LogP contribution in [0.15, 0.2) is 18.2 Å². The molecule has 1 aromatic rings. The van der Waals surface area contributed by atoms with Crippen LogP contribution in [-0.2, 0) is 0 Å². The molecule has 0 radical (unpaired) electrons. The molecule has 0 saturated carbocycles. The molecule has 1 aliphatic rings. The van der Waals surface area contributed by atoms with Gasteiger partial charge in [0.25, 0.3) is 0 Å². The molecule has 0 amide bonds. The van der Waals surface area contributed by atoms with E-state index in [1.54, 1.807) is 6.07 Å². The van der Waals surface area contributed by atoms with Crippen molar-refractivity contribution in [3.63, 3.8) is 0 Å². The average Bonchev–Trinajstić information content (AvgIpc) is 2.32. The Balaban J connectivity index is 2.39. The Kier molecular flexibility index (Phi) is 3.56. The second-order valence-corrected chi connectivity index (χ2v) is 4.96. The zero-order valence-electron chi connectivity index (χ0n) is 10.1. The van der Waals surface area contributed by atoms with E-state index < -0.39 is 0 Å². The lowest BCUT2D eigenvalue weighted by molar-refractivity contribution is 0.425. The van der Waals surface area contributed by atoms with Gasteiger partial charge in [-0.05, 0) is 26.0 Å². The number of halogens is 1. The SMILES string of the molecule is CC1CN(c2cccc(Cl)c2C#N)C(C)CN1. The van der Waals surface area contributed by atoms with Crippen molar-refractivity contribution < 1.29 is 0 Å². The van der Waals surface area contributed by atoms with Crippen molar-refractivity contribution >= 4 is 17.3 Å². The van der Waals surface area contributed by atoms with Crippen LogP contribution in [0, 0.1) is 11.3 Å². The third-order valence-corrected chi connectivity index (χ3v) is 3.49. The molecule has 1 fully saturated rings. The number of nitrogens with zero attached hydrogens (tertiary/aromatic N) is 2. The van der Waals surface area contributed by atoms with E-state index in [0.717, 1.165) is 18.8 Å². The highest BCUT2D eigenvalue weighted by atomic mass is 35.5. The molecule has 1 aliphatic heterocycles.